The van der Waals surface area contributed by atoms with E-state index in [1.165, 1.54) is 12.1 Å². The molecule has 1 fully saturated rings. The van der Waals surface area contributed by atoms with Gasteiger partial charge >= 0.3 is 5.97 Å². The number of aliphatic carboxylic acids is 1. The molecule has 1 N–H and O–H groups in total. The zero-order valence-corrected chi connectivity index (χ0v) is 16.5. The smallest absolute Gasteiger partial charge is 0.303 e. The molecule has 27 heavy (non-hydrogen) atoms. The van der Waals surface area contributed by atoms with Crippen molar-refractivity contribution >= 4 is 11.9 Å². The summed E-state index contributed by atoms with van der Waals surface area (Å²) in [6.45, 7) is 8.87. The molecule has 0 spiro atoms. The van der Waals surface area contributed by atoms with Crippen molar-refractivity contribution in [1.29, 1.82) is 0 Å². The van der Waals surface area contributed by atoms with Crippen molar-refractivity contribution in [2.24, 2.45) is 5.92 Å². The number of hydrogen-bond acceptors (Lipinski definition) is 3. The summed E-state index contributed by atoms with van der Waals surface area (Å²) in [6.07, 6.45) is 1.71. The van der Waals surface area contributed by atoms with Gasteiger partial charge in [0.2, 0.25) is 5.91 Å². The number of nitrogens with zero attached hydrogens (tertiary/aromatic N) is 2. The molecule has 0 aliphatic carbocycles. The Hall–Kier alpha value is -1.95. The van der Waals surface area contributed by atoms with Gasteiger partial charge in [-0.1, -0.05) is 19.1 Å². The fraction of sp³-hybridized carbons (Fsp3) is 0.619. The summed E-state index contributed by atoms with van der Waals surface area (Å²) in [6, 6.07) is 6.85. The van der Waals surface area contributed by atoms with Crippen LogP contribution in [0.3, 0.4) is 0 Å². The van der Waals surface area contributed by atoms with Crippen LogP contribution in [0.5, 0.6) is 0 Å². The molecule has 6 heteroatoms. The average molecular weight is 378 g/mol. The summed E-state index contributed by atoms with van der Waals surface area (Å²) in [5.41, 5.74) is 1.12. The fourth-order valence-electron chi connectivity index (χ4n) is 3.97. The first-order valence-corrected chi connectivity index (χ1v) is 9.77. The molecule has 150 valence electrons. The quantitative estimate of drug-likeness (QED) is 0.755. The molecule has 2 atom stereocenters. The number of carboxylic acids is 1. The standard InChI is InChI=1S/C21H31FN2O3/c1-15(2)24(20(25)8-9-21(26)27)19-11-13-23(14-16(19)3)12-10-17-4-6-18(22)7-5-17/h4-7,15-16,19H,8-14H2,1-3H3,(H,26,27). The number of hydrogen-bond donors (Lipinski definition) is 1. The highest BCUT2D eigenvalue weighted by Gasteiger charge is 2.34. The van der Waals surface area contributed by atoms with Crippen molar-refractivity contribution in [1.82, 2.24) is 9.80 Å². The topological polar surface area (TPSA) is 60.9 Å². The first-order chi connectivity index (χ1) is 12.8. The van der Waals surface area contributed by atoms with Gasteiger partial charge in [0.1, 0.15) is 5.82 Å². The molecule has 0 aromatic heterocycles. The number of piperidine rings is 1. The van der Waals surface area contributed by atoms with Gasteiger partial charge < -0.3 is 14.9 Å². The number of rotatable bonds is 8. The number of halogens is 1. The normalized spacial score (nSPS) is 20.6. The van der Waals surface area contributed by atoms with Crippen molar-refractivity contribution in [3.63, 3.8) is 0 Å². The lowest BCUT2D eigenvalue weighted by Gasteiger charge is -2.44. The Morgan fingerprint density at radius 1 is 1.26 bits per heavy atom. The van der Waals surface area contributed by atoms with Crippen LogP contribution >= 0.6 is 0 Å². The minimum atomic E-state index is -0.935. The lowest BCUT2D eigenvalue weighted by Crippen LogP contribution is -2.54. The van der Waals surface area contributed by atoms with Crippen molar-refractivity contribution in [3.05, 3.63) is 35.6 Å². The highest BCUT2D eigenvalue weighted by molar-refractivity contribution is 5.81. The summed E-state index contributed by atoms with van der Waals surface area (Å²) in [5.74, 6) is -0.891. The van der Waals surface area contributed by atoms with Crippen molar-refractivity contribution in [2.45, 2.75) is 58.5 Å². The van der Waals surface area contributed by atoms with Gasteiger partial charge in [-0.2, -0.15) is 0 Å². The molecule has 0 radical (unpaired) electrons. The van der Waals surface area contributed by atoms with Crippen LogP contribution in [0.25, 0.3) is 0 Å². The second-order valence-electron chi connectivity index (χ2n) is 7.80. The highest BCUT2D eigenvalue weighted by Crippen LogP contribution is 2.25. The maximum absolute atomic E-state index is 13.0. The second-order valence-corrected chi connectivity index (χ2v) is 7.80. The summed E-state index contributed by atoms with van der Waals surface area (Å²) in [7, 11) is 0. The van der Waals surface area contributed by atoms with E-state index < -0.39 is 5.97 Å². The van der Waals surface area contributed by atoms with Crippen LogP contribution in [-0.2, 0) is 16.0 Å². The summed E-state index contributed by atoms with van der Waals surface area (Å²) in [4.78, 5) is 27.6. The molecule has 1 aliphatic rings. The molecule has 1 heterocycles. The van der Waals surface area contributed by atoms with Gasteiger partial charge in [0.15, 0.2) is 0 Å². The van der Waals surface area contributed by atoms with E-state index in [9.17, 15) is 14.0 Å². The predicted molar refractivity (Wildman–Crippen MR) is 103 cm³/mol. The van der Waals surface area contributed by atoms with E-state index in [1.807, 2.05) is 30.9 Å². The van der Waals surface area contributed by atoms with Crippen LogP contribution in [0.1, 0.15) is 45.6 Å². The zero-order valence-electron chi connectivity index (χ0n) is 16.5. The SMILES string of the molecule is CC1CN(CCc2ccc(F)cc2)CCC1N(C(=O)CCC(=O)O)C(C)C. The average Bonchev–Trinajstić information content (AvgIpc) is 2.61. The van der Waals surface area contributed by atoms with Crippen LogP contribution in [0.2, 0.25) is 0 Å². The molecule has 1 saturated heterocycles. The Labute approximate surface area is 161 Å². The molecule has 1 amide bonds. The van der Waals surface area contributed by atoms with E-state index >= 15 is 0 Å². The first kappa shape index (κ1) is 21.4. The maximum Gasteiger partial charge on any atom is 0.303 e. The number of benzene rings is 1. The molecule has 0 saturated carbocycles. The second kappa shape index (κ2) is 9.83. The van der Waals surface area contributed by atoms with Crippen LogP contribution in [0, 0.1) is 11.7 Å². The Morgan fingerprint density at radius 3 is 2.48 bits per heavy atom. The van der Waals surface area contributed by atoms with Crippen molar-refractivity contribution < 1.29 is 19.1 Å². The van der Waals surface area contributed by atoms with Crippen molar-refractivity contribution in [3.8, 4) is 0 Å². The molecular weight excluding hydrogens is 347 g/mol. The van der Waals surface area contributed by atoms with Crippen LogP contribution in [0.15, 0.2) is 24.3 Å². The molecule has 1 aromatic rings. The Balaban J connectivity index is 1.90. The number of amides is 1. The van der Waals surface area contributed by atoms with E-state index in [2.05, 4.69) is 11.8 Å². The fourth-order valence-corrected chi connectivity index (χ4v) is 3.97. The summed E-state index contributed by atoms with van der Waals surface area (Å²) >= 11 is 0. The molecule has 2 unspecified atom stereocenters. The Kier molecular flexibility index (Phi) is 7.78. The van der Waals surface area contributed by atoms with Gasteiger partial charge in [-0.3, -0.25) is 9.59 Å². The van der Waals surface area contributed by atoms with Crippen molar-refractivity contribution in [2.75, 3.05) is 19.6 Å². The van der Waals surface area contributed by atoms with Crippen LogP contribution < -0.4 is 0 Å². The largest absolute Gasteiger partial charge is 0.481 e. The monoisotopic (exact) mass is 378 g/mol. The number of likely N-dealkylation sites (tertiary alicyclic amines) is 1. The zero-order chi connectivity index (χ0) is 20.0. The molecule has 5 nitrogen and oxygen atoms in total. The third kappa shape index (κ3) is 6.31. The lowest BCUT2D eigenvalue weighted by atomic mass is 9.90. The highest BCUT2D eigenvalue weighted by atomic mass is 19.1. The number of carboxylic acid groups (broad SMARTS) is 1. The number of carbonyl (C=O) groups is 2. The predicted octanol–water partition coefficient (Wildman–Crippen LogP) is 3.18. The van der Waals surface area contributed by atoms with Gasteiger partial charge in [0, 0.05) is 38.1 Å². The Morgan fingerprint density at radius 2 is 1.93 bits per heavy atom. The van der Waals surface area contributed by atoms with E-state index in [4.69, 9.17) is 5.11 Å². The van der Waals surface area contributed by atoms with Gasteiger partial charge in [-0.15, -0.1) is 0 Å². The lowest BCUT2D eigenvalue weighted by molar-refractivity contribution is -0.144. The van der Waals surface area contributed by atoms with E-state index in [-0.39, 0.29) is 36.6 Å². The maximum atomic E-state index is 13.0. The minimum Gasteiger partial charge on any atom is -0.481 e. The molecule has 1 aliphatic heterocycles. The molecule has 2 rings (SSSR count). The Bertz CT molecular complexity index is 633. The van der Waals surface area contributed by atoms with Crippen LogP contribution in [0.4, 0.5) is 4.39 Å². The minimum absolute atomic E-state index is 0.0597. The van der Waals surface area contributed by atoms with Crippen LogP contribution in [-0.4, -0.2) is 58.5 Å². The van der Waals surface area contributed by atoms with Gasteiger partial charge in [0.25, 0.3) is 0 Å². The van der Waals surface area contributed by atoms with Gasteiger partial charge in [-0.25, -0.2) is 4.39 Å². The molecule has 1 aromatic carbocycles. The summed E-state index contributed by atoms with van der Waals surface area (Å²) in [5, 5.41) is 8.85. The van der Waals surface area contributed by atoms with E-state index in [0.29, 0.717) is 5.92 Å². The summed E-state index contributed by atoms with van der Waals surface area (Å²) < 4.78 is 13.0. The number of carbonyl (C=O) groups excluding carboxylic acids is 1. The van der Waals surface area contributed by atoms with E-state index in [1.54, 1.807) is 0 Å². The van der Waals surface area contributed by atoms with Gasteiger partial charge in [0.05, 0.1) is 6.42 Å². The molecular formula is C21H31FN2O3. The van der Waals surface area contributed by atoms with E-state index in [0.717, 1.165) is 38.0 Å². The third-order valence-electron chi connectivity index (χ3n) is 5.33. The van der Waals surface area contributed by atoms with Gasteiger partial charge in [-0.05, 0) is 50.3 Å². The molecule has 0 bridgehead atoms. The first-order valence-electron chi connectivity index (χ1n) is 9.77. The third-order valence-corrected chi connectivity index (χ3v) is 5.33.